The molecule has 1 aromatic carbocycles. The van der Waals surface area contributed by atoms with E-state index in [2.05, 4.69) is 15.7 Å². The van der Waals surface area contributed by atoms with Gasteiger partial charge in [0, 0.05) is 51.9 Å². The van der Waals surface area contributed by atoms with E-state index in [9.17, 15) is 19.2 Å². The number of hydrogen-bond acceptors (Lipinski definition) is 7. The van der Waals surface area contributed by atoms with E-state index in [1.807, 2.05) is 18.2 Å². The van der Waals surface area contributed by atoms with Gasteiger partial charge in [-0.1, -0.05) is 12.1 Å². The summed E-state index contributed by atoms with van der Waals surface area (Å²) in [5.74, 6) is 0.190. The molecule has 3 aromatic rings. The van der Waals surface area contributed by atoms with Crippen LogP contribution in [-0.2, 0) is 27.3 Å². The molecule has 1 aliphatic heterocycles. The highest BCUT2D eigenvalue weighted by molar-refractivity contribution is 5.92. The minimum atomic E-state index is -0.870. The van der Waals surface area contributed by atoms with Gasteiger partial charge in [-0.2, -0.15) is 5.10 Å². The zero-order valence-corrected chi connectivity index (χ0v) is 24.2. The van der Waals surface area contributed by atoms with Crippen molar-refractivity contribution in [3.05, 3.63) is 71.9 Å². The molecule has 0 bridgehead atoms. The molecule has 1 fully saturated rings. The van der Waals surface area contributed by atoms with Crippen LogP contribution in [0.5, 0.6) is 5.75 Å². The molecule has 4 amide bonds. The quantitative estimate of drug-likeness (QED) is 0.455. The number of carbonyl (C=O) groups is 4. The van der Waals surface area contributed by atoms with Crippen LogP contribution in [0, 0.1) is 0 Å². The Morgan fingerprint density at radius 3 is 2.57 bits per heavy atom. The van der Waals surface area contributed by atoms with Gasteiger partial charge >= 0.3 is 0 Å². The smallest absolute Gasteiger partial charge is 0.289 e. The summed E-state index contributed by atoms with van der Waals surface area (Å²) < 4.78 is 12.7. The Balaban J connectivity index is 1.47. The van der Waals surface area contributed by atoms with Crippen molar-refractivity contribution in [3.63, 3.8) is 0 Å². The Labute approximate surface area is 245 Å². The fourth-order valence-corrected chi connectivity index (χ4v) is 4.74. The second-order valence-electron chi connectivity index (χ2n) is 10.3. The lowest BCUT2D eigenvalue weighted by Crippen LogP contribution is -2.54. The van der Waals surface area contributed by atoms with E-state index in [1.54, 1.807) is 67.3 Å². The standard InChI is InChI=1S/C30H38N6O6/c1-21-28(38)31-14-5-17-35(30(40)26-13-12-24(42-26)20-36-18-6-15-32-36)16-4-7-27(37)33-25(29(39)34(21)2)19-22-8-10-23(41-3)11-9-22/h6,8-13,15,18,21,25H,4-5,7,14,16-17,19-20H2,1-3H3,(H,31,38)(H,33,37)/t21-,25-/m0/s1. The highest BCUT2D eigenvalue weighted by Gasteiger charge is 2.30. The third-order valence-electron chi connectivity index (χ3n) is 7.31. The number of ether oxygens (including phenoxy) is 1. The lowest BCUT2D eigenvalue weighted by atomic mass is 10.0. The number of furan rings is 1. The number of nitrogens with one attached hydrogen (secondary N) is 2. The van der Waals surface area contributed by atoms with E-state index in [-0.39, 0.29) is 42.2 Å². The number of methoxy groups -OCH3 is 1. The molecule has 1 aliphatic rings. The van der Waals surface area contributed by atoms with Gasteiger partial charge in [-0.15, -0.1) is 0 Å². The number of likely N-dealkylation sites (N-methyl/N-ethyl adjacent to an activating group) is 1. The molecule has 0 unspecified atom stereocenters. The van der Waals surface area contributed by atoms with Gasteiger partial charge in [0.1, 0.15) is 23.6 Å². The van der Waals surface area contributed by atoms with Gasteiger partial charge in [0.25, 0.3) is 5.91 Å². The van der Waals surface area contributed by atoms with Crippen LogP contribution < -0.4 is 15.4 Å². The molecular formula is C30H38N6O6. The molecule has 0 saturated carbocycles. The van der Waals surface area contributed by atoms with Gasteiger partial charge < -0.3 is 29.6 Å². The number of rotatable bonds is 6. The van der Waals surface area contributed by atoms with Gasteiger partial charge in [-0.05, 0) is 55.7 Å². The van der Waals surface area contributed by atoms with Gasteiger partial charge in [0.2, 0.25) is 17.7 Å². The lowest BCUT2D eigenvalue weighted by molar-refractivity contribution is -0.141. The highest BCUT2D eigenvalue weighted by atomic mass is 16.5. The first-order valence-electron chi connectivity index (χ1n) is 14.1. The summed E-state index contributed by atoms with van der Waals surface area (Å²) in [5, 5.41) is 9.88. The van der Waals surface area contributed by atoms with Crippen LogP contribution in [0.1, 0.15) is 48.1 Å². The van der Waals surface area contributed by atoms with Crippen molar-refractivity contribution in [1.29, 1.82) is 0 Å². The SMILES string of the molecule is COc1ccc(C[C@@H]2NC(=O)CCCN(C(=O)c3ccc(Cn4cccn4)o3)CCCNC(=O)[C@H](C)N(C)C2=O)cc1. The zero-order chi connectivity index (χ0) is 30.1. The summed E-state index contributed by atoms with van der Waals surface area (Å²) >= 11 is 0. The first-order valence-corrected chi connectivity index (χ1v) is 14.1. The number of nitrogens with zero attached hydrogens (tertiary/aromatic N) is 4. The molecule has 3 heterocycles. The van der Waals surface area contributed by atoms with E-state index >= 15 is 0 Å². The number of benzene rings is 1. The number of aromatic nitrogens is 2. The largest absolute Gasteiger partial charge is 0.497 e. The molecule has 0 radical (unpaired) electrons. The maximum absolute atomic E-state index is 13.4. The normalized spacial score (nSPS) is 19.5. The van der Waals surface area contributed by atoms with E-state index in [1.165, 1.54) is 4.90 Å². The molecule has 12 heteroatoms. The van der Waals surface area contributed by atoms with Crippen LogP contribution in [0.25, 0.3) is 0 Å². The molecule has 224 valence electrons. The minimum Gasteiger partial charge on any atom is -0.497 e. The first kappa shape index (κ1) is 30.4. The van der Waals surface area contributed by atoms with Crippen LogP contribution in [0.2, 0.25) is 0 Å². The first-order chi connectivity index (χ1) is 20.2. The molecule has 12 nitrogen and oxygen atoms in total. The number of carbonyl (C=O) groups excluding carboxylic acids is 4. The van der Waals surface area contributed by atoms with E-state index in [0.29, 0.717) is 50.5 Å². The molecule has 0 spiro atoms. The monoisotopic (exact) mass is 578 g/mol. The molecule has 4 rings (SSSR count). The molecule has 2 atom stereocenters. The van der Waals surface area contributed by atoms with Crippen molar-refractivity contribution in [2.75, 3.05) is 33.8 Å². The predicted octanol–water partition coefficient (Wildman–Crippen LogP) is 1.85. The average Bonchev–Trinajstić information content (AvgIpc) is 3.69. The maximum atomic E-state index is 13.4. The molecule has 0 aliphatic carbocycles. The van der Waals surface area contributed by atoms with E-state index < -0.39 is 12.1 Å². The Bertz CT molecular complexity index is 1350. The second-order valence-corrected chi connectivity index (χ2v) is 10.3. The Hall–Kier alpha value is -4.61. The van der Waals surface area contributed by atoms with Gasteiger partial charge in [0.05, 0.1) is 13.7 Å². The topological polar surface area (TPSA) is 139 Å². The van der Waals surface area contributed by atoms with Crippen molar-refractivity contribution in [1.82, 2.24) is 30.2 Å². The van der Waals surface area contributed by atoms with Crippen LogP contribution in [0.3, 0.4) is 0 Å². The molecular weight excluding hydrogens is 540 g/mol. The fourth-order valence-electron chi connectivity index (χ4n) is 4.74. The molecule has 2 N–H and O–H groups in total. The van der Waals surface area contributed by atoms with Crippen LogP contribution in [-0.4, -0.2) is 89.1 Å². The summed E-state index contributed by atoms with van der Waals surface area (Å²) in [7, 11) is 3.13. The van der Waals surface area contributed by atoms with E-state index in [0.717, 1.165) is 5.56 Å². The highest BCUT2D eigenvalue weighted by Crippen LogP contribution is 2.16. The maximum Gasteiger partial charge on any atom is 0.289 e. The molecule has 1 saturated heterocycles. The Morgan fingerprint density at radius 2 is 1.86 bits per heavy atom. The summed E-state index contributed by atoms with van der Waals surface area (Å²) in [4.78, 5) is 55.7. The van der Waals surface area contributed by atoms with Gasteiger partial charge in [-0.25, -0.2) is 0 Å². The summed E-state index contributed by atoms with van der Waals surface area (Å²) in [6, 6.07) is 10.8. The second kappa shape index (κ2) is 14.3. The predicted molar refractivity (Wildman–Crippen MR) is 154 cm³/mol. The van der Waals surface area contributed by atoms with Crippen molar-refractivity contribution in [2.24, 2.45) is 0 Å². The van der Waals surface area contributed by atoms with Crippen LogP contribution in [0.4, 0.5) is 0 Å². The Kier molecular flexibility index (Phi) is 10.4. The summed E-state index contributed by atoms with van der Waals surface area (Å²) in [6.45, 7) is 3.03. The average molecular weight is 579 g/mol. The lowest BCUT2D eigenvalue weighted by Gasteiger charge is -2.29. The summed E-state index contributed by atoms with van der Waals surface area (Å²) in [6.07, 6.45) is 4.73. The summed E-state index contributed by atoms with van der Waals surface area (Å²) in [5.41, 5.74) is 0.833. The van der Waals surface area contributed by atoms with Crippen molar-refractivity contribution in [2.45, 2.75) is 51.2 Å². The third-order valence-corrected chi connectivity index (χ3v) is 7.31. The van der Waals surface area contributed by atoms with E-state index in [4.69, 9.17) is 9.15 Å². The van der Waals surface area contributed by atoms with Crippen molar-refractivity contribution in [3.8, 4) is 5.75 Å². The van der Waals surface area contributed by atoms with Crippen LogP contribution >= 0.6 is 0 Å². The van der Waals surface area contributed by atoms with Crippen molar-refractivity contribution >= 4 is 23.6 Å². The molecule has 42 heavy (non-hydrogen) atoms. The Morgan fingerprint density at radius 1 is 1.10 bits per heavy atom. The van der Waals surface area contributed by atoms with Gasteiger partial charge in [0.15, 0.2) is 5.76 Å². The molecule has 2 aromatic heterocycles. The number of hydrogen-bond donors (Lipinski definition) is 2. The minimum absolute atomic E-state index is 0.120. The fraction of sp³-hybridized carbons (Fsp3) is 0.433. The van der Waals surface area contributed by atoms with Gasteiger partial charge in [-0.3, -0.25) is 23.9 Å². The number of amides is 4. The van der Waals surface area contributed by atoms with Crippen molar-refractivity contribution < 1.29 is 28.3 Å². The zero-order valence-electron chi connectivity index (χ0n) is 24.2. The third kappa shape index (κ3) is 7.99. The van der Waals surface area contributed by atoms with Crippen LogP contribution in [0.15, 0.2) is 59.3 Å².